The van der Waals surface area contributed by atoms with Gasteiger partial charge in [-0.25, -0.2) is 4.79 Å². The zero-order chi connectivity index (χ0) is 24.9. The summed E-state index contributed by atoms with van der Waals surface area (Å²) in [5, 5.41) is 10.7. The highest BCUT2D eigenvalue weighted by Crippen LogP contribution is 2.60. The quantitative estimate of drug-likeness (QED) is 0.129. The number of esters is 3. The van der Waals surface area contributed by atoms with Crippen molar-refractivity contribution in [1.29, 1.82) is 0 Å². The van der Waals surface area contributed by atoms with E-state index in [1.807, 2.05) is 0 Å². The van der Waals surface area contributed by atoms with Gasteiger partial charge in [-0.3, -0.25) is 24.5 Å². The molecule has 35 heavy (non-hydrogen) atoms. The second kappa shape index (κ2) is 8.88. The highest BCUT2D eigenvalue weighted by Gasteiger charge is 2.68. The summed E-state index contributed by atoms with van der Waals surface area (Å²) >= 11 is 3.53. The fourth-order valence-corrected chi connectivity index (χ4v) is 6.25. The van der Waals surface area contributed by atoms with Crippen molar-refractivity contribution in [2.45, 2.75) is 17.4 Å². The molecule has 3 aliphatic rings. The third-order valence-electron chi connectivity index (χ3n) is 6.84. The number of nitro benzene ring substituents is 1. The molecule has 1 aliphatic heterocycles. The molecule has 11 heteroatoms. The maximum atomic E-state index is 12.7. The molecule has 1 heterocycles. The van der Waals surface area contributed by atoms with Crippen LogP contribution in [-0.2, 0) is 19.1 Å². The number of carbonyl (C=O) groups excluding carboxylic acids is 4. The zero-order valence-electron chi connectivity index (χ0n) is 18.0. The molecule has 0 unspecified atom stereocenters. The van der Waals surface area contributed by atoms with Crippen LogP contribution in [0.15, 0.2) is 48.5 Å². The molecule has 2 aliphatic carbocycles. The van der Waals surface area contributed by atoms with Crippen LogP contribution in [0.3, 0.4) is 0 Å². The lowest BCUT2D eigenvalue weighted by Gasteiger charge is -2.26. The van der Waals surface area contributed by atoms with E-state index in [0.717, 1.165) is 0 Å². The fourth-order valence-electron chi connectivity index (χ4n) is 5.20. The van der Waals surface area contributed by atoms with Gasteiger partial charge in [0.05, 0.1) is 27.1 Å². The number of fused-ring (bicyclic) bond motifs is 1. The van der Waals surface area contributed by atoms with Crippen LogP contribution in [0.25, 0.3) is 0 Å². The minimum absolute atomic E-state index is 0.00591. The Hall–Kier alpha value is -3.60. The normalized spacial score (nSPS) is 27.9. The smallest absolute Gasteiger partial charge is 0.343 e. The third kappa shape index (κ3) is 4.09. The molecular formula is C24H18BrNO9. The van der Waals surface area contributed by atoms with Crippen molar-refractivity contribution in [3.05, 3.63) is 69.8 Å². The highest BCUT2D eigenvalue weighted by atomic mass is 79.9. The number of hydrogen-bond donors (Lipinski definition) is 0. The predicted octanol–water partition coefficient (Wildman–Crippen LogP) is 3.11. The Morgan fingerprint density at radius 1 is 1.03 bits per heavy atom. The van der Waals surface area contributed by atoms with Crippen LogP contribution >= 0.6 is 15.9 Å². The van der Waals surface area contributed by atoms with Crippen molar-refractivity contribution < 1.29 is 38.3 Å². The second-order valence-electron chi connectivity index (χ2n) is 8.71. The van der Waals surface area contributed by atoms with Crippen molar-refractivity contribution in [1.82, 2.24) is 0 Å². The molecular weight excluding hydrogens is 526 g/mol. The van der Waals surface area contributed by atoms with Crippen molar-refractivity contribution in [2.75, 3.05) is 6.61 Å². The number of carbonyl (C=O) groups is 4. The van der Waals surface area contributed by atoms with E-state index in [9.17, 15) is 29.3 Å². The van der Waals surface area contributed by atoms with Crippen LogP contribution < -0.4 is 4.74 Å². The summed E-state index contributed by atoms with van der Waals surface area (Å²) in [4.78, 5) is 59.7. The van der Waals surface area contributed by atoms with E-state index in [1.54, 1.807) is 0 Å². The molecule has 6 atom stereocenters. The van der Waals surface area contributed by atoms with Gasteiger partial charge in [-0.05, 0) is 48.7 Å². The largest absolute Gasteiger partial charge is 0.461 e. The zero-order valence-corrected chi connectivity index (χ0v) is 19.6. The molecule has 3 fully saturated rings. The van der Waals surface area contributed by atoms with E-state index >= 15 is 0 Å². The maximum Gasteiger partial charge on any atom is 0.343 e. The number of ketones is 1. The van der Waals surface area contributed by atoms with E-state index in [-0.39, 0.29) is 51.3 Å². The number of alkyl halides is 1. The molecule has 2 aromatic rings. The van der Waals surface area contributed by atoms with Crippen molar-refractivity contribution in [3.63, 3.8) is 0 Å². The van der Waals surface area contributed by atoms with Gasteiger partial charge in [0.25, 0.3) is 5.69 Å². The Balaban J connectivity index is 1.16. The molecule has 2 saturated carbocycles. The van der Waals surface area contributed by atoms with Crippen molar-refractivity contribution in [2.24, 2.45) is 23.7 Å². The van der Waals surface area contributed by atoms with Crippen LogP contribution in [0, 0.1) is 33.8 Å². The minimum Gasteiger partial charge on any atom is -0.461 e. The Kier molecular flexibility index (Phi) is 5.87. The lowest BCUT2D eigenvalue weighted by molar-refractivity contribution is -0.384. The van der Waals surface area contributed by atoms with Gasteiger partial charge in [0, 0.05) is 23.6 Å². The number of rotatable bonds is 7. The van der Waals surface area contributed by atoms with E-state index in [0.29, 0.717) is 6.42 Å². The first-order valence-electron chi connectivity index (χ1n) is 10.9. The summed E-state index contributed by atoms with van der Waals surface area (Å²) in [6.07, 6.45) is 0.515. The van der Waals surface area contributed by atoms with Crippen molar-refractivity contribution in [3.8, 4) is 5.75 Å². The van der Waals surface area contributed by atoms with Crippen molar-refractivity contribution >= 4 is 45.3 Å². The lowest BCUT2D eigenvalue weighted by Crippen LogP contribution is -2.39. The van der Waals surface area contributed by atoms with Gasteiger partial charge in [0.15, 0.2) is 12.4 Å². The summed E-state index contributed by atoms with van der Waals surface area (Å²) in [5.41, 5.74) is 0.232. The van der Waals surface area contributed by atoms with Crippen LogP contribution in [0.4, 0.5) is 5.69 Å². The summed E-state index contributed by atoms with van der Waals surface area (Å²) in [7, 11) is 0. The molecule has 0 spiro atoms. The number of hydrogen-bond acceptors (Lipinski definition) is 9. The number of benzene rings is 2. The molecule has 5 rings (SSSR count). The van der Waals surface area contributed by atoms with Gasteiger partial charge in [-0.15, -0.1) is 0 Å². The molecule has 0 radical (unpaired) electrons. The van der Waals surface area contributed by atoms with Gasteiger partial charge >= 0.3 is 17.9 Å². The van der Waals surface area contributed by atoms with Crippen LogP contribution in [0.2, 0.25) is 0 Å². The molecule has 10 nitrogen and oxygen atoms in total. The monoisotopic (exact) mass is 543 g/mol. The standard InChI is InChI=1S/C24H18BrNO9/c25-20-15-9-16-19(24(30)35-21(16)20)18(15)23(29)33-10-17(27)11-3-7-14(8-4-11)34-22(28)12-1-5-13(6-2-12)26(31)32/h1-8,15-16,18-21H,9-10H2/t15-,16-,18-,19+,20-,21+/m1/s1. The van der Waals surface area contributed by atoms with Gasteiger partial charge in [0.1, 0.15) is 11.9 Å². The molecule has 0 amide bonds. The van der Waals surface area contributed by atoms with Gasteiger partial charge in [-0.1, -0.05) is 15.9 Å². The third-order valence-corrected chi connectivity index (χ3v) is 8.04. The number of Topliss-reactive ketones (excluding diaryl/α,β-unsaturated/α-hetero) is 1. The van der Waals surface area contributed by atoms with E-state index in [2.05, 4.69) is 15.9 Å². The molecule has 0 N–H and O–H groups in total. The SMILES string of the molecule is O=C(COC(=O)[C@@H]1[C@H]2C[C@H]3[C@H](OC(=O)[C@@H]31)[C@@H]2Br)c1ccc(OC(=O)c2ccc([N+](=O)[O-])cc2)cc1. The van der Waals surface area contributed by atoms with Crippen LogP contribution in [-0.4, -0.2) is 46.2 Å². The Morgan fingerprint density at radius 2 is 1.69 bits per heavy atom. The number of halogens is 1. The lowest BCUT2D eigenvalue weighted by atomic mass is 9.80. The van der Waals surface area contributed by atoms with E-state index in [1.165, 1.54) is 48.5 Å². The van der Waals surface area contributed by atoms with E-state index < -0.39 is 41.1 Å². The molecule has 180 valence electrons. The number of non-ortho nitro benzene ring substituents is 1. The average Bonchev–Trinajstić information content (AvgIpc) is 3.47. The first-order valence-corrected chi connectivity index (χ1v) is 11.8. The fraction of sp³-hybridized carbons (Fsp3) is 0.333. The molecule has 1 saturated heterocycles. The number of nitrogens with zero attached hydrogens (tertiary/aromatic N) is 1. The summed E-state index contributed by atoms with van der Waals surface area (Å²) in [6, 6.07) is 10.7. The summed E-state index contributed by atoms with van der Waals surface area (Å²) < 4.78 is 15.9. The van der Waals surface area contributed by atoms with E-state index in [4.69, 9.17) is 14.2 Å². The molecule has 2 aromatic carbocycles. The van der Waals surface area contributed by atoms with Gasteiger partial charge < -0.3 is 14.2 Å². The predicted molar refractivity (Wildman–Crippen MR) is 121 cm³/mol. The first-order chi connectivity index (χ1) is 16.7. The Bertz CT molecular complexity index is 1230. The maximum absolute atomic E-state index is 12.7. The topological polar surface area (TPSA) is 139 Å². The summed E-state index contributed by atoms with van der Waals surface area (Å²) in [6.45, 7) is -0.479. The molecule has 2 bridgehead atoms. The Morgan fingerprint density at radius 3 is 2.34 bits per heavy atom. The van der Waals surface area contributed by atoms with Crippen LogP contribution in [0.5, 0.6) is 5.75 Å². The number of ether oxygens (including phenoxy) is 3. The Labute approximate surface area is 206 Å². The van der Waals surface area contributed by atoms with Gasteiger partial charge in [0.2, 0.25) is 0 Å². The van der Waals surface area contributed by atoms with Crippen LogP contribution in [0.1, 0.15) is 27.1 Å². The highest BCUT2D eigenvalue weighted by molar-refractivity contribution is 9.09. The number of nitro groups is 1. The summed E-state index contributed by atoms with van der Waals surface area (Å²) in [5.74, 6) is -3.13. The second-order valence-corrected chi connectivity index (χ2v) is 9.77. The molecule has 0 aromatic heterocycles. The first kappa shape index (κ1) is 23.2. The average molecular weight is 544 g/mol. The minimum atomic E-state index is -0.712. The van der Waals surface area contributed by atoms with Gasteiger partial charge in [-0.2, -0.15) is 0 Å².